The number of aromatic nitrogens is 1. The number of nitrogens with zero attached hydrogens (tertiary/aromatic N) is 2. The third-order valence-corrected chi connectivity index (χ3v) is 6.13. The standard InChI is InChI=1S/C29H36N2O4/c1-5-31(6-2)16-17-34-25-18-21(3)29(22(4)19-25)26-8-7-9-27(30-26)35-20-24-12-10-23(11-13-24)14-15-28(32)33/h7-12,18-20H,5-6,13-17H2,1-4H3,(H,32,33). The average Bonchev–Trinajstić information content (AvgIpc) is 2.84. The largest absolute Gasteiger partial charge is 0.492 e. The van der Waals surface area contributed by atoms with E-state index in [0.29, 0.717) is 25.3 Å². The molecule has 6 heteroatoms. The number of pyridine rings is 1. The topological polar surface area (TPSA) is 71.9 Å². The summed E-state index contributed by atoms with van der Waals surface area (Å²) in [5.41, 5.74) is 6.22. The Balaban J connectivity index is 1.65. The van der Waals surface area contributed by atoms with E-state index >= 15 is 0 Å². The van der Waals surface area contributed by atoms with E-state index in [-0.39, 0.29) is 6.42 Å². The Morgan fingerprint density at radius 1 is 1.14 bits per heavy atom. The fraction of sp³-hybridized carbons (Fsp3) is 0.379. The van der Waals surface area contributed by atoms with E-state index in [4.69, 9.17) is 19.6 Å². The number of carbonyl (C=O) groups is 1. The van der Waals surface area contributed by atoms with Gasteiger partial charge in [-0.2, -0.15) is 0 Å². The van der Waals surface area contributed by atoms with Crippen LogP contribution in [0.5, 0.6) is 11.6 Å². The molecule has 186 valence electrons. The van der Waals surface area contributed by atoms with Crippen LogP contribution in [0, 0.1) is 13.8 Å². The second-order valence-corrected chi connectivity index (χ2v) is 8.69. The van der Waals surface area contributed by atoms with Gasteiger partial charge in [0.25, 0.3) is 0 Å². The number of carboxylic acids is 1. The predicted molar refractivity (Wildman–Crippen MR) is 140 cm³/mol. The molecule has 0 saturated heterocycles. The summed E-state index contributed by atoms with van der Waals surface area (Å²) in [5, 5.41) is 8.83. The lowest BCUT2D eigenvalue weighted by Crippen LogP contribution is -2.27. The molecule has 0 unspecified atom stereocenters. The molecule has 35 heavy (non-hydrogen) atoms. The first-order valence-electron chi connectivity index (χ1n) is 12.3. The normalized spacial score (nSPS) is 14.3. The lowest BCUT2D eigenvalue weighted by atomic mass is 9.99. The van der Waals surface area contributed by atoms with Crippen molar-refractivity contribution in [3.05, 3.63) is 77.1 Å². The fourth-order valence-corrected chi connectivity index (χ4v) is 4.12. The van der Waals surface area contributed by atoms with Crippen molar-refractivity contribution < 1.29 is 19.4 Å². The zero-order chi connectivity index (χ0) is 25.2. The Kier molecular flexibility index (Phi) is 9.67. The molecule has 0 atom stereocenters. The van der Waals surface area contributed by atoms with E-state index in [1.807, 2.05) is 36.4 Å². The van der Waals surface area contributed by atoms with Crippen LogP contribution >= 0.6 is 0 Å². The zero-order valence-electron chi connectivity index (χ0n) is 21.2. The van der Waals surface area contributed by atoms with Crippen molar-refractivity contribution in [3.63, 3.8) is 0 Å². The van der Waals surface area contributed by atoms with Gasteiger partial charge in [0.1, 0.15) is 12.4 Å². The molecule has 1 aliphatic rings. The third kappa shape index (κ3) is 7.82. The van der Waals surface area contributed by atoms with Crippen LogP contribution in [-0.2, 0) is 4.79 Å². The molecule has 3 rings (SSSR count). The highest BCUT2D eigenvalue weighted by molar-refractivity contribution is 5.69. The molecule has 6 nitrogen and oxygen atoms in total. The Hall–Kier alpha value is -3.38. The van der Waals surface area contributed by atoms with Crippen LogP contribution < -0.4 is 9.47 Å². The summed E-state index contributed by atoms with van der Waals surface area (Å²) >= 11 is 0. The van der Waals surface area contributed by atoms with Crippen LogP contribution in [0.3, 0.4) is 0 Å². The first kappa shape index (κ1) is 26.2. The van der Waals surface area contributed by atoms with Gasteiger partial charge >= 0.3 is 5.97 Å². The van der Waals surface area contributed by atoms with Crippen molar-refractivity contribution in [2.45, 2.75) is 47.0 Å². The third-order valence-electron chi connectivity index (χ3n) is 6.13. The monoisotopic (exact) mass is 476 g/mol. The highest BCUT2D eigenvalue weighted by Crippen LogP contribution is 2.31. The number of hydrogen-bond donors (Lipinski definition) is 1. The lowest BCUT2D eigenvalue weighted by molar-refractivity contribution is -0.136. The average molecular weight is 477 g/mol. The first-order valence-corrected chi connectivity index (χ1v) is 12.3. The molecule has 0 aliphatic heterocycles. The molecule has 1 aromatic carbocycles. The van der Waals surface area contributed by atoms with Crippen LogP contribution in [-0.4, -0.2) is 47.2 Å². The van der Waals surface area contributed by atoms with E-state index in [1.165, 1.54) is 0 Å². The SMILES string of the molecule is CCN(CC)CCOc1cc(C)c(-c2cccc(OC=C3C=CC(CCC(=O)O)=CC3)n2)c(C)c1. The minimum Gasteiger partial charge on any atom is -0.492 e. The summed E-state index contributed by atoms with van der Waals surface area (Å²) in [7, 11) is 0. The Labute approximate surface area is 208 Å². The zero-order valence-corrected chi connectivity index (χ0v) is 21.2. The number of benzene rings is 1. The van der Waals surface area contributed by atoms with Gasteiger partial charge < -0.3 is 19.5 Å². The van der Waals surface area contributed by atoms with Gasteiger partial charge in [0.2, 0.25) is 5.88 Å². The maximum atomic E-state index is 10.7. The minimum absolute atomic E-state index is 0.144. The van der Waals surface area contributed by atoms with E-state index in [1.54, 1.807) is 6.26 Å². The summed E-state index contributed by atoms with van der Waals surface area (Å²) in [4.78, 5) is 17.8. The summed E-state index contributed by atoms with van der Waals surface area (Å²) in [6.45, 7) is 12.1. The molecular weight excluding hydrogens is 440 g/mol. The number of carboxylic acid groups (broad SMARTS) is 1. The van der Waals surface area contributed by atoms with Crippen molar-refractivity contribution in [2.24, 2.45) is 0 Å². The van der Waals surface area contributed by atoms with Crippen molar-refractivity contribution in [1.82, 2.24) is 9.88 Å². The van der Waals surface area contributed by atoms with E-state index in [0.717, 1.165) is 58.9 Å². The summed E-state index contributed by atoms with van der Waals surface area (Å²) in [5.74, 6) is 0.633. The molecule has 0 radical (unpaired) electrons. The fourth-order valence-electron chi connectivity index (χ4n) is 4.12. The quantitative estimate of drug-likeness (QED) is 0.373. The number of aliphatic carboxylic acids is 1. The van der Waals surface area contributed by atoms with Crippen molar-refractivity contribution in [1.29, 1.82) is 0 Å². The number of aryl methyl sites for hydroxylation is 2. The molecule has 1 N–H and O–H groups in total. The Bertz CT molecular complexity index is 1090. The van der Waals surface area contributed by atoms with Crippen LogP contribution in [0.2, 0.25) is 0 Å². The maximum absolute atomic E-state index is 10.7. The van der Waals surface area contributed by atoms with Gasteiger partial charge in [-0.25, -0.2) is 4.98 Å². The molecule has 0 saturated carbocycles. The van der Waals surface area contributed by atoms with Gasteiger partial charge in [-0.1, -0.05) is 43.7 Å². The molecule has 1 aromatic heterocycles. The number of allylic oxidation sites excluding steroid dienone is 5. The number of rotatable bonds is 12. The molecular formula is C29H36N2O4. The smallest absolute Gasteiger partial charge is 0.303 e. The highest BCUT2D eigenvalue weighted by Gasteiger charge is 2.12. The van der Waals surface area contributed by atoms with Crippen LogP contribution in [0.1, 0.15) is 44.2 Å². The molecule has 1 aliphatic carbocycles. The number of hydrogen-bond acceptors (Lipinski definition) is 5. The van der Waals surface area contributed by atoms with E-state index < -0.39 is 5.97 Å². The van der Waals surface area contributed by atoms with Crippen LogP contribution in [0.4, 0.5) is 0 Å². The minimum atomic E-state index is -0.780. The van der Waals surface area contributed by atoms with Gasteiger partial charge in [-0.15, -0.1) is 0 Å². The van der Waals surface area contributed by atoms with Crippen LogP contribution in [0.25, 0.3) is 11.3 Å². The molecule has 1 heterocycles. The van der Waals surface area contributed by atoms with Crippen molar-refractivity contribution >= 4 is 5.97 Å². The molecule has 0 spiro atoms. The van der Waals surface area contributed by atoms with E-state index in [9.17, 15) is 4.79 Å². The molecule has 0 amide bonds. The molecule has 0 bridgehead atoms. The maximum Gasteiger partial charge on any atom is 0.303 e. The first-order chi connectivity index (χ1) is 16.9. The molecule has 0 fully saturated rings. The number of ether oxygens (including phenoxy) is 2. The molecule has 2 aromatic rings. The number of likely N-dealkylation sites (N-methyl/N-ethyl adjacent to an activating group) is 1. The highest BCUT2D eigenvalue weighted by atomic mass is 16.5. The van der Waals surface area contributed by atoms with Gasteiger partial charge in [0.15, 0.2) is 0 Å². The van der Waals surface area contributed by atoms with Gasteiger partial charge in [0, 0.05) is 24.6 Å². The summed E-state index contributed by atoms with van der Waals surface area (Å²) in [6, 6.07) is 9.93. The van der Waals surface area contributed by atoms with Gasteiger partial charge in [-0.3, -0.25) is 4.79 Å². The Morgan fingerprint density at radius 3 is 2.51 bits per heavy atom. The lowest BCUT2D eigenvalue weighted by Gasteiger charge is -2.19. The second-order valence-electron chi connectivity index (χ2n) is 8.69. The Morgan fingerprint density at radius 2 is 1.89 bits per heavy atom. The predicted octanol–water partition coefficient (Wildman–Crippen LogP) is 6.10. The van der Waals surface area contributed by atoms with Crippen molar-refractivity contribution in [3.8, 4) is 22.9 Å². The van der Waals surface area contributed by atoms with Gasteiger partial charge in [0.05, 0.1) is 12.0 Å². The second kappa shape index (κ2) is 12.9. The van der Waals surface area contributed by atoms with Crippen LogP contribution in [0.15, 0.2) is 66.0 Å². The summed E-state index contributed by atoms with van der Waals surface area (Å²) < 4.78 is 11.9. The summed E-state index contributed by atoms with van der Waals surface area (Å²) in [6.07, 6.45) is 9.06. The van der Waals surface area contributed by atoms with Crippen molar-refractivity contribution in [2.75, 3.05) is 26.2 Å². The van der Waals surface area contributed by atoms with Gasteiger partial charge in [-0.05, 0) is 74.7 Å². The van der Waals surface area contributed by atoms with E-state index in [2.05, 4.69) is 44.7 Å².